The van der Waals surface area contributed by atoms with Gasteiger partial charge in [0.2, 0.25) is 0 Å². The third-order valence-electron chi connectivity index (χ3n) is 13.2. The summed E-state index contributed by atoms with van der Waals surface area (Å²) in [6, 6.07) is 51.7. The van der Waals surface area contributed by atoms with E-state index in [2.05, 4.69) is 212 Å². The number of hydrogen-bond acceptors (Lipinski definition) is 4. The van der Waals surface area contributed by atoms with Gasteiger partial charge in [-0.1, -0.05) is 60.7 Å². The van der Waals surface area contributed by atoms with Crippen LogP contribution in [0.5, 0.6) is 0 Å². The lowest BCUT2D eigenvalue weighted by atomic mass is 9.99. The average molecular weight is 819 g/mol. The molecule has 11 aromatic rings. The Balaban J connectivity index is 1.06. The Morgan fingerprint density at radius 1 is 0.302 bits per heavy atom. The summed E-state index contributed by atoms with van der Waals surface area (Å²) in [4.78, 5) is 4.82. The molecule has 11 rings (SSSR count). The summed E-state index contributed by atoms with van der Waals surface area (Å²) in [6.07, 6.45) is 0. The van der Waals surface area contributed by atoms with Gasteiger partial charge < -0.3 is 18.6 Å². The lowest BCUT2D eigenvalue weighted by Crippen LogP contribution is -2.13. The number of hydrogen-bond donors (Lipinski definition) is 0. The number of aryl methyl sites for hydroxylation is 9. The van der Waals surface area contributed by atoms with Gasteiger partial charge in [-0.2, -0.15) is 0 Å². The van der Waals surface area contributed by atoms with Crippen LogP contribution in [-0.4, -0.2) is 0 Å². The number of nitrogens with zero attached hydrogens (tertiary/aromatic N) is 2. The molecule has 0 spiro atoms. The molecule has 0 fully saturated rings. The SMILES string of the molecule is Cc1ccc(C)c(N(c2ccc3cc4c(cc3c2)oc2c4cc(C)c3c4cc5ccc(N(c6cc(C)ccc6C)c6cc(C)ccc6C)cc5cc4oc23)c2cc(C)ccc2C)c1. The Hall–Kier alpha value is -7.30. The fourth-order valence-corrected chi connectivity index (χ4v) is 9.76. The van der Waals surface area contributed by atoms with Gasteiger partial charge in [-0.15, -0.1) is 0 Å². The summed E-state index contributed by atoms with van der Waals surface area (Å²) >= 11 is 0. The minimum Gasteiger partial charge on any atom is -0.452 e. The van der Waals surface area contributed by atoms with Crippen molar-refractivity contribution in [2.24, 2.45) is 0 Å². The average Bonchev–Trinajstić information content (AvgIpc) is 3.82. The number of fused-ring (bicyclic) bond motifs is 9. The second-order valence-corrected chi connectivity index (χ2v) is 18.1. The number of rotatable bonds is 6. The summed E-state index contributed by atoms with van der Waals surface area (Å²) in [5.74, 6) is 0. The molecule has 63 heavy (non-hydrogen) atoms. The van der Waals surface area contributed by atoms with Crippen LogP contribution < -0.4 is 9.80 Å². The molecule has 0 bridgehead atoms. The zero-order valence-corrected chi connectivity index (χ0v) is 37.5. The normalized spacial score (nSPS) is 11.9. The van der Waals surface area contributed by atoms with Gasteiger partial charge in [0, 0.05) is 55.7 Å². The Kier molecular flexibility index (Phi) is 8.82. The predicted octanol–water partition coefficient (Wildman–Crippen LogP) is 17.5. The first-order valence-electron chi connectivity index (χ1n) is 22.0. The molecule has 0 aliphatic carbocycles. The molecule has 0 amide bonds. The van der Waals surface area contributed by atoms with Crippen LogP contribution in [0.4, 0.5) is 34.1 Å². The van der Waals surface area contributed by atoms with E-state index in [-0.39, 0.29) is 0 Å². The molecule has 4 heteroatoms. The van der Waals surface area contributed by atoms with Crippen LogP contribution in [-0.2, 0) is 0 Å². The first-order valence-corrected chi connectivity index (χ1v) is 22.0. The van der Waals surface area contributed by atoms with Crippen LogP contribution in [0.3, 0.4) is 0 Å². The van der Waals surface area contributed by atoms with E-state index in [1.807, 2.05) is 0 Å². The van der Waals surface area contributed by atoms with Gasteiger partial charge in [0.25, 0.3) is 0 Å². The molecule has 0 N–H and O–H groups in total. The fraction of sp³-hybridized carbons (Fsp3) is 0.153. The first-order chi connectivity index (χ1) is 30.4. The second kappa shape index (κ2) is 14.4. The first kappa shape index (κ1) is 38.6. The van der Waals surface area contributed by atoms with E-state index >= 15 is 0 Å². The highest BCUT2D eigenvalue weighted by atomic mass is 16.4. The molecule has 0 aliphatic rings. The number of furan rings is 2. The third-order valence-corrected chi connectivity index (χ3v) is 13.2. The van der Waals surface area contributed by atoms with Crippen molar-refractivity contribution in [1.82, 2.24) is 0 Å². The van der Waals surface area contributed by atoms with Gasteiger partial charge in [0.15, 0.2) is 11.2 Å². The van der Waals surface area contributed by atoms with Crippen molar-refractivity contribution in [1.29, 1.82) is 0 Å². The van der Waals surface area contributed by atoms with Crippen LogP contribution in [0.15, 0.2) is 148 Å². The van der Waals surface area contributed by atoms with E-state index in [1.165, 1.54) is 72.8 Å². The maximum absolute atomic E-state index is 6.90. The number of benzene rings is 9. The van der Waals surface area contributed by atoms with E-state index in [9.17, 15) is 0 Å². The molecule has 0 saturated carbocycles. The molecular formula is C59H50N2O2. The van der Waals surface area contributed by atoms with Crippen LogP contribution in [0.2, 0.25) is 0 Å². The highest BCUT2D eigenvalue weighted by Gasteiger charge is 2.23. The Morgan fingerprint density at radius 3 is 1.14 bits per heavy atom. The Labute approximate surface area is 368 Å². The molecular weight excluding hydrogens is 769 g/mol. The maximum Gasteiger partial charge on any atom is 0.178 e. The molecule has 2 heterocycles. The summed E-state index contributed by atoms with van der Waals surface area (Å²) in [7, 11) is 0. The van der Waals surface area contributed by atoms with Gasteiger partial charge in [-0.05, 0) is 213 Å². The molecule has 308 valence electrons. The van der Waals surface area contributed by atoms with E-state index in [1.54, 1.807) is 0 Å². The summed E-state index contributed by atoms with van der Waals surface area (Å²) in [5.41, 5.74) is 21.2. The van der Waals surface area contributed by atoms with E-state index in [0.717, 1.165) is 76.8 Å². The van der Waals surface area contributed by atoms with Crippen molar-refractivity contribution >= 4 is 99.5 Å². The monoisotopic (exact) mass is 818 g/mol. The van der Waals surface area contributed by atoms with Gasteiger partial charge >= 0.3 is 0 Å². The lowest BCUT2D eigenvalue weighted by molar-refractivity contribution is 0.633. The van der Waals surface area contributed by atoms with Crippen molar-refractivity contribution in [3.8, 4) is 0 Å². The van der Waals surface area contributed by atoms with Crippen molar-refractivity contribution in [3.05, 3.63) is 190 Å². The van der Waals surface area contributed by atoms with Crippen LogP contribution in [0.25, 0.3) is 65.4 Å². The molecule has 0 saturated heterocycles. The third kappa shape index (κ3) is 6.35. The lowest BCUT2D eigenvalue weighted by Gasteiger charge is -2.29. The highest BCUT2D eigenvalue weighted by molar-refractivity contribution is 6.22. The standard InChI is InChI=1S/C59H50N2O2/c1-33-10-14-37(5)51(22-33)60(52-23-34(2)11-15-38(52)6)46-20-18-42-29-48-49-26-41(9)57-50-30-43-19-21-47(28-45(43)32-56(50)63-59(57)58(49)62-55(48)31-44(42)27-46)61(53-24-35(3)12-16-39(53)7)54-25-36(4)13-17-40(54)8/h10-32H,1-9H3. The van der Waals surface area contributed by atoms with Crippen LogP contribution in [0, 0.1) is 62.3 Å². The smallest absolute Gasteiger partial charge is 0.178 e. The Morgan fingerprint density at radius 2 is 0.698 bits per heavy atom. The molecule has 0 atom stereocenters. The predicted molar refractivity (Wildman–Crippen MR) is 268 cm³/mol. The van der Waals surface area contributed by atoms with Crippen molar-refractivity contribution < 1.29 is 8.83 Å². The summed E-state index contributed by atoms with van der Waals surface area (Å²) in [5, 5.41) is 8.92. The van der Waals surface area contributed by atoms with E-state index in [0.29, 0.717) is 0 Å². The largest absolute Gasteiger partial charge is 0.452 e. The minimum atomic E-state index is 0.783. The molecule has 0 aliphatic heterocycles. The van der Waals surface area contributed by atoms with Gasteiger partial charge in [-0.3, -0.25) is 0 Å². The van der Waals surface area contributed by atoms with Crippen molar-refractivity contribution in [2.45, 2.75) is 62.3 Å². The maximum atomic E-state index is 6.90. The van der Waals surface area contributed by atoms with Crippen LogP contribution >= 0.6 is 0 Å². The molecule has 4 nitrogen and oxygen atoms in total. The molecule has 9 aromatic carbocycles. The fourth-order valence-electron chi connectivity index (χ4n) is 9.76. The zero-order chi connectivity index (χ0) is 43.4. The minimum absolute atomic E-state index is 0.783. The van der Waals surface area contributed by atoms with E-state index < -0.39 is 0 Å². The molecule has 2 aromatic heterocycles. The molecule has 0 unspecified atom stereocenters. The van der Waals surface area contributed by atoms with Crippen molar-refractivity contribution in [3.63, 3.8) is 0 Å². The molecule has 0 radical (unpaired) electrons. The topological polar surface area (TPSA) is 32.8 Å². The Bertz CT molecular complexity index is 3590. The quantitative estimate of drug-likeness (QED) is 0.167. The second-order valence-electron chi connectivity index (χ2n) is 18.1. The van der Waals surface area contributed by atoms with Gasteiger partial charge in [0.05, 0.1) is 0 Å². The zero-order valence-electron chi connectivity index (χ0n) is 37.5. The van der Waals surface area contributed by atoms with Gasteiger partial charge in [0.1, 0.15) is 11.2 Å². The summed E-state index contributed by atoms with van der Waals surface area (Å²) < 4.78 is 13.8. The van der Waals surface area contributed by atoms with Crippen molar-refractivity contribution in [2.75, 3.05) is 9.80 Å². The summed E-state index contributed by atoms with van der Waals surface area (Å²) in [6.45, 7) is 19.6. The van der Waals surface area contributed by atoms with E-state index in [4.69, 9.17) is 8.83 Å². The highest BCUT2D eigenvalue weighted by Crippen LogP contribution is 2.46. The van der Waals surface area contributed by atoms with Gasteiger partial charge in [-0.25, -0.2) is 0 Å². The van der Waals surface area contributed by atoms with Crippen LogP contribution in [0.1, 0.15) is 50.1 Å². The number of anilines is 6.